The van der Waals surface area contributed by atoms with Gasteiger partial charge in [0.15, 0.2) is 0 Å². The Hall–Kier alpha value is -0.470. The van der Waals surface area contributed by atoms with Crippen molar-refractivity contribution in [3.05, 3.63) is 0 Å². The molecule has 6 unspecified atom stereocenters. The van der Waals surface area contributed by atoms with E-state index in [0.29, 0.717) is 0 Å². The van der Waals surface area contributed by atoms with Gasteiger partial charge in [0.2, 0.25) is 11.8 Å². The predicted molar refractivity (Wildman–Crippen MR) is 65.4 cm³/mol. The molecule has 98 valence electrons. The molecule has 0 radical (unpaired) electrons. The number of fused-ring (bicyclic) bond motifs is 5. The van der Waals surface area contributed by atoms with E-state index in [0.717, 1.165) is 4.90 Å². The molecule has 0 aromatic rings. The van der Waals surface area contributed by atoms with E-state index in [4.69, 9.17) is 9.84 Å². The molecule has 3 fully saturated rings. The molecule has 3 aliphatic heterocycles. The third-order valence-electron chi connectivity index (χ3n) is 3.74. The minimum atomic E-state index is -1.18. The van der Waals surface area contributed by atoms with Crippen LogP contribution in [0.1, 0.15) is 0 Å². The first-order valence-corrected chi connectivity index (χ1v) is 7.27. The van der Waals surface area contributed by atoms with E-state index < -0.39 is 36.2 Å². The van der Waals surface area contributed by atoms with Crippen molar-refractivity contribution in [3.8, 4) is 0 Å². The summed E-state index contributed by atoms with van der Waals surface area (Å²) in [7, 11) is 0. The van der Waals surface area contributed by atoms with E-state index >= 15 is 0 Å². The van der Waals surface area contributed by atoms with Crippen LogP contribution in [0.15, 0.2) is 0 Å². The van der Waals surface area contributed by atoms with Gasteiger partial charge in [-0.05, 0) is 0 Å². The van der Waals surface area contributed by atoms with Gasteiger partial charge in [-0.15, -0.1) is 0 Å². The molecule has 3 saturated heterocycles. The van der Waals surface area contributed by atoms with Crippen molar-refractivity contribution in [2.75, 3.05) is 6.54 Å². The third-order valence-corrected chi connectivity index (χ3v) is 6.63. The fourth-order valence-electron chi connectivity index (χ4n) is 3.02. The van der Waals surface area contributed by atoms with Gasteiger partial charge in [0, 0.05) is 0 Å². The SMILES string of the molecule is O=C(O)CN1C(=O)C2C3OC(C(Br)C3Br)C2C1=O. The van der Waals surface area contributed by atoms with Crippen LogP contribution < -0.4 is 0 Å². The van der Waals surface area contributed by atoms with Gasteiger partial charge in [-0.3, -0.25) is 19.3 Å². The van der Waals surface area contributed by atoms with E-state index in [1.807, 2.05) is 0 Å². The lowest BCUT2D eigenvalue weighted by atomic mass is 9.81. The van der Waals surface area contributed by atoms with Crippen molar-refractivity contribution in [3.63, 3.8) is 0 Å². The quantitative estimate of drug-likeness (QED) is 0.536. The van der Waals surface area contributed by atoms with Crippen LogP contribution in [0.5, 0.6) is 0 Å². The van der Waals surface area contributed by atoms with E-state index in [1.165, 1.54) is 0 Å². The number of rotatable bonds is 2. The zero-order valence-electron chi connectivity index (χ0n) is 8.95. The van der Waals surface area contributed by atoms with Crippen molar-refractivity contribution in [2.45, 2.75) is 21.9 Å². The van der Waals surface area contributed by atoms with Gasteiger partial charge in [-0.2, -0.15) is 0 Å². The maximum absolute atomic E-state index is 12.1. The van der Waals surface area contributed by atoms with Crippen LogP contribution in [-0.2, 0) is 19.1 Å². The van der Waals surface area contributed by atoms with Gasteiger partial charge in [-0.25, -0.2) is 0 Å². The summed E-state index contributed by atoms with van der Waals surface area (Å²) in [4.78, 5) is 35.6. The van der Waals surface area contributed by atoms with Gasteiger partial charge in [0.05, 0.1) is 33.7 Å². The van der Waals surface area contributed by atoms with Crippen LogP contribution in [0, 0.1) is 11.8 Å². The smallest absolute Gasteiger partial charge is 0.323 e. The summed E-state index contributed by atoms with van der Waals surface area (Å²) in [5, 5.41) is 8.73. The maximum atomic E-state index is 12.1. The van der Waals surface area contributed by atoms with Gasteiger partial charge in [-0.1, -0.05) is 31.9 Å². The largest absolute Gasteiger partial charge is 0.480 e. The molecule has 3 heterocycles. The number of imide groups is 1. The van der Waals surface area contributed by atoms with Crippen molar-refractivity contribution >= 4 is 49.6 Å². The highest BCUT2D eigenvalue weighted by atomic mass is 79.9. The number of likely N-dealkylation sites (tertiary alicyclic amines) is 1. The lowest BCUT2D eigenvalue weighted by Crippen LogP contribution is -2.42. The normalized spacial score (nSPS) is 45.8. The molecule has 0 aliphatic carbocycles. The summed E-state index contributed by atoms with van der Waals surface area (Å²) in [5.41, 5.74) is 0. The highest BCUT2D eigenvalue weighted by molar-refractivity contribution is 9.12. The molecule has 2 bridgehead atoms. The molecule has 6 nitrogen and oxygen atoms in total. The first-order chi connectivity index (χ1) is 8.43. The third kappa shape index (κ3) is 1.45. The Balaban J connectivity index is 1.92. The van der Waals surface area contributed by atoms with Crippen molar-refractivity contribution in [2.24, 2.45) is 11.8 Å². The summed E-state index contributed by atoms with van der Waals surface area (Å²) in [6.07, 6.45) is -0.723. The maximum Gasteiger partial charge on any atom is 0.323 e. The van der Waals surface area contributed by atoms with Crippen LogP contribution in [0.2, 0.25) is 0 Å². The Morgan fingerprint density at radius 1 is 1.17 bits per heavy atom. The number of carboxylic acid groups (broad SMARTS) is 1. The number of alkyl halides is 2. The van der Waals surface area contributed by atoms with Crippen LogP contribution in [0.25, 0.3) is 0 Å². The first-order valence-electron chi connectivity index (χ1n) is 5.44. The van der Waals surface area contributed by atoms with Gasteiger partial charge >= 0.3 is 5.97 Å². The number of halogens is 2. The van der Waals surface area contributed by atoms with Crippen molar-refractivity contribution in [1.29, 1.82) is 0 Å². The Morgan fingerprint density at radius 3 is 2.00 bits per heavy atom. The molecule has 2 amide bonds. The molecule has 6 atom stereocenters. The van der Waals surface area contributed by atoms with Gasteiger partial charge < -0.3 is 9.84 Å². The number of carboxylic acids is 1. The van der Waals surface area contributed by atoms with E-state index in [-0.39, 0.29) is 21.9 Å². The molecule has 8 heteroatoms. The monoisotopic (exact) mass is 381 g/mol. The molecule has 0 aromatic carbocycles. The molecule has 3 aliphatic rings. The molecule has 3 rings (SSSR count). The lowest BCUT2D eigenvalue weighted by Gasteiger charge is -2.24. The fraction of sp³-hybridized carbons (Fsp3) is 0.700. The lowest BCUT2D eigenvalue weighted by molar-refractivity contribution is -0.151. The van der Waals surface area contributed by atoms with Gasteiger partial charge in [0.1, 0.15) is 6.54 Å². The zero-order chi connectivity index (χ0) is 13.2. The predicted octanol–water partition coefficient (Wildman–Crippen LogP) is -0.0198. The minimum absolute atomic E-state index is 0.0368. The minimum Gasteiger partial charge on any atom is -0.480 e. The number of carbonyl (C=O) groups excluding carboxylic acids is 2. The molecule has 18 heavy (non-hydrogen) atoms. The summed E-state index contributed by atoms with van der Waals surface area (Å²) < 4.78 is 5.65. The Kier molecular flexibility index (Phi) is 2.80. The number of aliphatic carboxylic acids is 1. The second kappa shape index (κ2) is 4.01. The summed E-state index contributed by atoms with van der Waals surface area (Å²) in [6.45, 7) is -0.565. The van der Waals surface area contributed by atoms with Crippen LogP contribution in [0.4, 0.5) is 0 Å². The Labute approximate surface area is 119 Å². The number of carbonyl (C=O) groups is 3. The van der Waals surface area contributed by atoms with Crippen LogP contribution in [0.3, 0.4) is 0 Å². The number of ether oxygens (including phenoxy) is 1. The van der Waals surface area contributed by atoms with Crippen molar-refractivity contribution < 1.29 is 24.2 Å². The van der Waals surface area contributed by atoms with Crippen LogP contribution in [-0.4, -0.2) is 56.2 Å². The van der Waals surface area contributed by atoms with E-state index in [2.05, 4.69) is 31.9 Å². The van der Waals surface area contributed by atoms with Gasteiger partial charge in [0.25, 0.3) is 0 Å². The average molecular weight is 383 g/mol. The highest BCUT2D eigenvalue weighted by Gasteiger charge is 2.68. The van der Waals surface area contributed by atoms with E-state index in [1.54, 1.807) is 0 Å². The molecular weight excluding hydrogens is 374 g/mol. The fourth-order valence-corrected chi connectivity index (χ4v) is 4.52. The zero-order valence-corrected chi connectivity index (χ0v) is 12.1. The number of amides is 2. The van der Waals surface area contributed by atoms with Crippen molar-refractivity contribution in [1.82, 2.24) is 4.90 Å². The standard InChI is InChI=1S/C10H9Br2NO5/c11-5-6(12)8-4-3(7(5)18-8)9(16)13(10(4)17)1-2(14)15/h3-8H,1H2,(H,14,15). The average Bonchev–Trinajstić information content (AvgIpc) is 2.88. The summed E-state index contributed by atoms with van der Waals surface area (Å²) >= 11 is 6.89. The number of hydrogen-bond donors (Lipinski definition) is 1. The molecule has 1 N–H and O–H groups in total. The van der Waals surface area contributed by atoms with E-state index in [9.17, 15) is 14.4 Å². The number of hydrogen-bond acceptors (Lipinski definition) is 4. The summed E-state index contributed by atoms with van der Waals surface area (Å²) in [5.74, 6) is -3.12. The highest BCUT2D eigenvalue weighted by Crippen LogP contribution is 2.52. The number of nitrogens with zero attached hydrogens (tertiary/aromatic N) is 1. The Bertz CT molecular complexity index is 424. The summed E-state index contributed by atoms with van der Waals surface area (Å²) in [6, 6.07) is 0. The van der Waals surface area contributed by atoms with Crippen LogP contribution >= 0.6 is 31.9 Å². The Morgan fingerprint density at radius 2 is 1.61 bits per heavy atom. The second-order valence-corrected chi connectivity index (χ2v) is 6.78. The second-order valence-electron chi connectivity index (χ2n) is 4.66. The first kappa shape index (κ1) is 12.6. The topological polar surface area (TPSA) is 83.9 Å². The molecule has 0 saturated carbocycles. The molecular formula is C10H9Br2NO5. The molecule has 0 spiro atoms. The molecule has 0 aromatic heterocycles.